The van der Waals surface area contributed by atoms with Crippen molar-refractivity contribution in [3.05, 3.63) is 12.2 Å². The first-order valence-corrected chi connectivity index (χ1v) is 4.72. The first kappa shape index (κ1) is 11.7. The summed E-state index contributed by atoms with van der Waals surface area (Å²) in [5.74, 6) is 0. The molecule has 2 N–H and O–H groups in total. The van der Waals surface area contributed by atoms with Crippen molar-refractivity contribution in [2.75, 3.05) is 13.1 Å². The van der Waals surface area contributed by atoms with Crippen molar-refractivity contribution in [1.29, 1.82) is 0 Å². The second-order valence-electron chi connectivity index (χ2n) is 3.27. The summed E-state index contributed by atoms with van der Waals surface area (Å²) in [7, 11) is 0. The molecule has 0 heterocycles. The standard InChI is InChI=1S/C10H21NO/c1-4-9(2)8-11-7-5-6-10(3)12/h10-12H,2,4-8H2,1,3H3. The third-order valence-electron chi connectivity index (χ3n) is 1.85. The van der Waals surface area contributed by atoms with Gasteiger partial charge in [0.25, 0.3) is 0 Å². The summed E-state index contributed by atoms with van der Waals surface area (Å²) in [5, 5.41) is 12.2. The highest BCUT2D eigenvalue weighted by Crippen LogP contribution is 1.95. The van der Waals surface area contributed by atoms with E-state index in [9.17, 15) is 0 Å². The molecule has 0 bridgehead atoms. The van der Waals surface area contributed by atoms with E-state index >= 15 is 0 Å². The van der Waals surface area contributed by atoms with Crippen LogP contribution in [-0.4, -0.2) is 24.3 Å². The molecule has 0 rings (SSSR count). The maximum atomic E-state index is 8.96. The van der Waals surface area contributed by atoms with Crippen LogP contribution in [0.4, 0.5) is 0 Å². The van der Waals surface area contributed by atoms with E-state index in [0.29, 0.717) is 0 Å². The highest BCUT2D eigenvalue weighted by molar-refractivity contribution is 4.94. The van der Waals surface area contributed by atoms with Gasteiger partial charge in [-0.05, 0) is 32.7 Å². The molecule has 0 aliphatic carbocycles. The zero-order valence-corrected chi connectivity index (χ0v) is 8.27. The maximum Gasteiger partial charge on any atom is 0.0512 e. The topological polar surface area (TPSA) is 32.3 Å². The Bertz CT molecular complexity index is 121. The molecule has 2 nitrogen and oxygen atoms in total. The zero-order valence-electron chi connectivity index (χ0n) is 8.27. The highest BCUT2D eigenvalue weighted by Gasteiger charge is 1.94. The molecular formula is C10H21NO. The van der Waals surface area contributed by atoms with Gasteiger partial charge < -0.3 is 10.4 Å². The molecule has 0 radical (unpaired) electrons. The Morgan fingerprint density at radius 2 is 2.25 bits per heavy atom. The predicted octanol–water partition coefficient (Wildman–Crippen LogP) is 1.70. The minimum absolute atomic E-state index is 0.166. The van der Waals surface area contributed by atoms with Gasteiger partial charge in [-0.3, -0.25) is 0 Å². The molecule has 0 aliphatic heterocycles. The highest BCUT2D eigenvalue weighted by atomic mass is 16.3. The lowest BCUT2D eigenvalue weighted by Gasteiger charge is -2.06. The van der Waals surface area contributed by atoms with Crippen LogP contribution in [0.15, 0.2) is 12.2 Å². The van der Waals surface area contributed by atoms with Crippen molar-refractivity contribution < 1.29 is 5.11 Å². The molecule has 0 fully saturated rings. The molecule has 0 aromatic carbocycles. The Balaban J connectivity index is 3.05. The van der Waals surface area contributed by atoms with Crippen molar-refractivity contribution >= 4 is 0 Å². The van der Waals surface area contributed by atoms with Crippen LogP contribution < -0.4 is 5.32 Å². The summed E-state index contributed by atoms with van der Waals surface area (Å²) in [6.07, 6.45) is 2.80. The number of rotatable bonds is 7. The van der Waals surface area contributed by atoms with E-state index in [1.54, 1.807) is 0 Å². The van der Waals surface area contributed by atoms with Gasteiger partial charge in [-0.25, -0.2) is 0 Å². The lowest BCUT2D eigenvalue weighted by Crippen LogP contribution is -2.18. The van der Waals surface area contributed by atoms with E-state index in [2.05, 4.69) is 18.8 Å². The van der Waals surface area contributed by atoms with E-state index in [-0.39, 0.29) is 6.10 Å². The number of hydrogen-bond acceptors (Lipinski definition) is 2. The second-order valence-corrected chi connectivity index (χ2v) is 3.27. The van der Waals surface area contributed by atoms with Crippen LogP contribution in [-0.2, 0) is 0 Å². The minimum atomic E-state index is -0.166. The van der Waals surface area contributed by atoms with Crippen LogP contribution in [0.1, 0.15) is 33.1 Å². The molecule has 12 heavy (non-hydrogen) atoms. The molecule has 0 amide bonds. The molecule has 0 saturated carbocycles. The smallest absolute Gasteiger partial charge is 0.0512 e. The van der Waals surface area contributed by atoms with Gasteiger partial charge in [0.1, 0.15) is 0 Å². The van der Waals surface area contributed by atoms with Crippen molar-refractivity contribution in [2.24, 2.45) is 0 Å². The van der Waals surface area contributed by atoms with Crippen LogP contribution in [0, 0.1) is 0 Å². The largest absolute Gasteiger partial charge is 0.393 e. The Labute approximate surface area is 75.7 Å². The first-order valence-electron chi connectivity index (χ1n) is 4.72. The summed E-state index contributed by atoms with van der Waals surface area (Å²) in [6, 6.07) is 0. The van der Waals surface area contributed by atoms with Crippen LogP contribution in [0.3, 0.4) is 0 Å². The Hall–Kier alpha value is -0.340. The lowest BCUT2D eigenvalue weighted by molar-refractivity contribution is 0.181. The summed E-state index contributed by atoms with van der Waals surface area (Å²) in [5.41, 5.74) is 1.24. The first-order chi connectivity index (χ1) is 5.66. The minimum Gasteiger partial charge on any atom is -0.393 e. The van der Waals surface area contributed by atoms with Gasteiger partial charge >= 0.3 is 0 Å². The molecule has 1 unspecified atom stereocenters. The molecule has 0 saturated heterocycles. The third kappa shape index (κ3) is 7.76. The Morgan fingerprint density at radius 3 is 2.75 bits per heavy atom. The Morgan fingerprint density at radius 1 is 1.58 bits per heavy atom. The number of hydrogen-bond donors (Lipinski definition) is 2. The van der Waals surface area contributed by atoms with Gasteiger partial charge in [0.05, 0.1) is 6.10 Å². The number of nitrogens with one attached hydrogen (secondary N) is 1. The fourth-order valence-electron chi connectivity index (χ4n) is 0.913. The summed E-state index contributed by atoms with van der Waals surface area (Å²) >= 11 is 0. The third-order valence-corrected chi connectivity index (χ3v) is 1.85. The fourth-order valence-corrected chi connectivity index (χ4v) is 0.913. The fraction of sp³-hybridized carbons (Fsp3) is 0.800. The molecule has 0 spiro atoms. The molecular weight excluding hydrogens is 150 g/mol. The maximum absolute atomic E-state index is 8.96. The van der Waals surface area contributed by atoms with Crippen LogP contribution in [0.2, 0.25) is 0 Å². The lowest BCUT2D eigenvalue weighted by atomic mass is 10.2. The van der Waals surface area contributed by atoms with E-state index in [1.807, 2.05) is 6.92 Å². The van der Waals surface area contributed by atoms with Gasteiger partial charge in [0.15, 0.2) is 0 Å². The SMILES string of the molecule is C=C(CC)CNCCCC(C)O. The summed E-state index contributed by atoms with van der Waals surface area (Å²) in [6.45, 7) is 9.72. The van der Waals surface area contributed by atoms with Gasteiger partial charge in [-0.15, -0.1) is 0 Å². The van der Waals surface area contributed by atoms with Gasteiger partial charge in [-0.1, -0.05) is 19.1 Å². The second kappa shape index (κ2) is 7.32. The van der Waals surface area contributed by atoms with E-state index < -0.39 is 0 Å². The van der Waals surface area contributed by atoms with E-state index in [1.165, 1.54) is 5.57 Å². The van der Waals surface area contributed by atoms with Crippen LogP contribution >= 0.6 is 0 Å². The number of aliphatic hydroxyl groups is 1. The van der Waals surface area contributed by atoms with Crippen LogP contribution in [0.25, 0.3) is 0 Å². The van der Waals surface area contributed by atoms with Gasteiger partial charge in [-0.2, -0.15) is 0 Å². The molecule has 0 aliphatic rings. The number of aliphatic hydroxyl groups excluding tert-OH is 1. The summed E-state index contributed by atoms with van der Waals surface area (Å²) in [4.78, 5) is 0. The molecule has 0 aromatic heterocycles. The average Bonchev–Trinajstić information content (AvgIpc) is 2.03. The Kier molecular flexibility index (Phi) is 7.11. The van der Waals surface area contributed by atoms with Crippen molar-refractivity contribution in [1.82, 2.24) is 5.32 Å². The molecule has 72 valence electrons. The molecule has 0 aromatic rings. The average molecular weight is 171 g/mol. The summed E-state index contributed by atoms with van der Waals surface area (Å²) < 4.78 is 0. The quantitative estimate of drug-likeness (QED) is 0.451. The normalized spacial score (nSPS) is 12.9. The zero-order chi connectivity index (χ0) is 9.40. The van der Waals surface area contributed by atoms with E-state index in [4.69, 9.17) is 5.11 Å². The predicted molar refractivity (Wildman–Crippen MR) is 53.2 cm³/mol. The van der Waals surface area contributed by atoms with E-state index in [0.717, 1.165) is 32.4 Å². The molecule has 1 atom stereocenters. The van der Waals surface area contributed by atoms with Crippen molar-refractivity contribution in [2.45, 2.75) is 39.2 Å². The van der Waals surface area contributed by atoms with Gasteiger partial charge in [0, 0.05) is 6.54 Å². The van der Waals surface area contributed by atoms with Crippen molar-refractivity contribution in [3.8, 4) is 0 Å². The molecule has 2 heteroatoms. The van der Waals surface area contributed by atoms with Crippen LogP contribution in [0.5, 0.6) is 0 Å². The van der Waals surface area contributed by atoms with Gasteiger partial charge in [0.2, 0.25) is 0 Å². The van der Waals surface area contributed by atoms with Crippen molar-refractivity contribution in [3.63, 3.8) is 0 Å². The monoisotopic (exact) mass is 171 g/mol.